The Morgan fingerprint density at radius 3 is 2.82 bits per heavy atom. The molecule has 2 aromatic heterocycles. The van der Waals surface area contributed by atoms with Crippen LogP contribution in [0.3, 0.4) is 0 Å². The average Bonchev–Trinajstić information content (AvgIpc) is 2.86. The van der Waals surface area contributed by atoms with Gasteiger partial charge in [0, 0.05) is 24.0 Å². The van der Waals surface area contributed by atoms with Crippen molar-refractivity contribution in [1.82, 2.24) is 14.8 Å². The number of aromatic nitrogens is 3. The number of aryl methyl sites for hydroxylation is 4. The molecule has 0 bridgehead atoms. The molecule has 0 atom stereocenters. The van der Waals surface area contributed by atoms with E-state index in [1.54, 1.807) is 11.3 Å². The molecule has 2 aromatic rings. The maximum atomic E-state index is 5.72. The Kier molecular flexibility index (Phi) is 4.18. The van der Waals surface area contributed by atoms with Crippen molar-refractivity contribution >= 4 is 22.9 Å². The van der Waals surface area contributed by atoms with Crippen LogP contribution in [0.5, 0.6) is 0 Å². The van der Waals surface area contributed by atoms with Gasteiger partial charge in [0.25, 0.3) is 0 Å². The topological polar surface area (TPSA) is 30.7 Å². The van der Waals surface area contributed by atoms with Crippen LogP contribution in [0.4, 0.5) is 0 Å². The van der Waals surface area contributed by atoms with Gasteiger partial charge in [0.05, 0.1) is 22.3 Å². The molecule has 0 aliphatic rings. The van der Waals surface area contributed by atoms with Gasteiger partial charge in [0.15, 0.2) is 0 Å². The van der Waals surface area contributed by atoms with E-state index in [-0.39, 0.29) is 0 Å². The van der Waals surface area contributed by atoms with E-state index in [1.165, 1.54) is 10.7 Å². The number of hydrogen-bond acceptors (Lipinski definition) is 3. The molecule has 2 heterocycles. The lowest BCUT2D eigenvalue weighted by atomic mass is 10.3. The summed E-state index contributed by atoms with van der Waals surface area (Å²) in [6.45, 7) is 5.07. The molecule has 5 heteroatoms. The van der Waals surface area contributed by atoms with Crippen LogP contribution in [0.2, 0.25) is 0 Å². The predicted octanol–water partition coefficient (Wildman–Crippen LogP) is 3.33. The maximum Gasteiger partial charge on any atom is 0.0929 e. The molecule has 0 aromatic carbocycles. The molecule has 0 radical (unpaired) electrons. The Labute approximate surface area is 110 Å². The van der Waals surface area contributed by atoms with Crippen molar-refractivity contribution in [2.45, 2.75) is 39.1 Å². The molecule has 0 unspecified atom stereocenters. The van der Waals surface area contributed by atoms with Gasteiger partial charge in [0.2, 0.25) is 0 Å². The van der Waals surface area contributed by atoms with Gasteiger partial charge in [-0.3, -0.25) is 4.68 Å². The maximum absolute atomic E-state index is 5.72. The summed E-state index contributed by atoms with van der Waals surface area (Å²) in [6, 6.07) is 2.11. The molecule has 0 spiro atoms. The van der Waals surface area contributed by atoms with E-state index in [0.29, 0.717) is 5.88 Å². The largest absolute Gasteiger partial charge is 0.270 e. The molecule has 0 aliphatic carbocycles. The average molecular weight is 270 g/mol. The van der Waals surface area contributed by atoms with Crippen LogP contribution in [-0.4, -0.2) is 14.8 Å². The fourth-order valence-corrected chi connectivity index (χ4v) is 2.88. The number of rotatable bonds is 5. The van der Waals surface area contributed by atoms with E-state index in [1.807, 2.05) is 12.3 Å². The molecule has 0 aliphatic heterocycles. The monoisotopic (exact) mass is 269 g/mol. The summed E-state index contributed by atoms with van der Waals surface area (Å²) < 4.78 is 2.06. The van der Waals surface area contributed by atoms with Gasteiger partial charge in [-0.15, -0.1) is 22.9 Å². The molecule has 17 heavy (non-hydrogen) atoms. The minimum absolute atomic E-state index is 0.508. The minimum atomic E-state index is 0.508. The number of halogens is 1. The van der Waals surface area contributed by atoms with Crippen molar-refractivity contribution in [1.29, 1.82) is 0 Å². The van der Waals surface area contributed by atoms with Crippen molar-refractivity contribution in [3.63, 3.8) is 0 Å². The molecule has 2 rings (SSSR count). The third kappa shape index (κ3) is 3.30. The summed E-state index contributed by atoms with van der Waals surface area (Å²) in [7, 11) is 0. The molecule has 0 amide bonds. The Bertz CT molecular complexity index is 490. The first-order valence-electron chi connectivity index (χ1n) is 5.69. The normalized spacial score (nSPS) is 11.0. The van der Waals surface area contributed by atoms with Crippen LogP contribution in [0.15, 0.2) is 11.4 Å². The zero-order chi connectivity index (χ0) is 12.3. The lowest BCUT2D eigenvalue weighted by Crippen LogP contribution is -2.03. The van der Waals surface area contributed by atoms with Crippen LogP contribution < -0.4 is 0 Å². The van der Waals surface area contributed by atoms with Gasteiger partial charge >= 0.3 is 0 Å². The molecule has 92 valence electrons. The standard InChI is InChI=1S/C12H16ClN3S/c1-9-6-10(2)16(15-9)5-3-4-12-14-11(7-13)8-17-12/h6,8H,3-5,7H2,1-2H3. The lowest BCUT2D eigenvalue weighted by Gasteiger charge is -2.02. The van der Waals surface area contributed by atoms with Crippen molar-refractivity contribution in [2.24, 2.45) is 0 Å². The molecule has 0 saturated heterocycles. The van der Waals surface area contributed by atoms with E-state index in [0.717, 1.165) is 30.8 Å². The van der Waals surface area contributed by atoms with Crippen LogP contribution in [0.1, 0.15) is 28.5 Å². The van der Waals surface area contributed by atoms with Crippen molar-refractivity contribution in [3.05, 3.63) is 33.5 Å². The highest BCUT2D eigenvalue weighted by atomic mass is 35.5. The number of hydrogen-bond donors (Lipinski definition) is 0. The SMILES string of the molecule is Cc1cc(C)n(CCCc2nc(CCl)cs2)n1. The summed E-state index contributed by atoms with van der Waals surface area (Å²) >= 11 is 7.42. The molecular weight excluding hydrogens is 254 g/mol. The molecule has 0 saturated carbocycles. The Morgan fingerprint density at radius 1 is 1.41 bits per heavy atom. The van der Waals surface area contributed by atoms with Gasteiger partial charge in [-0.1, -0.05) is 0 Å². The van der Waals surface area contributed by atoms with Crippen molar-refractivity contribution in [2.75, 3.05) is 0 Å². The predicted molar refractivity (Wildman–Crippen MR) is 71.7 cm³/mol. The molecule has 3 nitrogen and oxygen atoms in total. The van der Waals surface area contributed by atoms with E-state index in [4.69, 9.17) is 11.6 Å². The van der Waals surface area contributed by atoms with E-state index in [2.05, 4.69) is 27.8 Å². The molecule has 0 N–H and O–H groups in total. The fraction of sp³-hybridized carbons (Fsp3) is 0.500. The fourth-order valence-electron chi connectivity index (χ4n) is 1.81. The zero-order valence-electron chi connectivity index (χ0n) is 10.1. The first kappa shape index (κ1) is 12.6. The van der Waals surface area contributed by atoms with Crippen molar-refractivity contribution < 1.29 is 0 Å². The second-order valence-corrected chi connectivity index (χ2v) is 5.33. The first-order valence-corrected chi connectivity index (χ1v) is 7.11. The Morgan fingerprint density at radius 2 is 2.24 bits per heavy atom. The second-order valence-electron chi connectivity index (χ2n) is 4.12. The number of nitrogens with zero attached hydrogens (tertiary/aromatic N) is 3. The highest BCUT2D eigenvalue weighted by Crippen LogP contribution is 2.14. The third-order valence-electron chi connectivity index (χ3n) is 2.60. The highest BCUT2D eigenvalue weighted by Gasteiger charge is 2.03. The van der Waals surface area contributed by atoms with Gasteiger partial charge in [-0.25, -0.2) is 4.98 Å². The summed E-state index contributed by atoms with van der Waals surface area (Å²) in [5.74, 6) is 0.508. The van der Waals surface area contributed by atoms with E-state index < -0.39 is 0 Å². The zero-order valence-corrected chi connectivity index (χ0v) is 11.7. The van der Waals surface area contributed by atoms with Crippen molar-refractivity contribution in [3.8, 4) is 0 Å². The minimum Gasteiger partial charge on any atom is -0.270 e. The third-order valence-corrected chi connectivity index (χ3v) is 3.83. The van der Waals surface area contributed by atoms with Crippen LogP contribution >= 0.6 is 22.9 Å². The Balaban J connectivity index is 1.85. The van der Waals surface area contributed by atoms with Gasteiger partial charge in [-0.2, -0.15) is 5.10 Å². The second kappa shape index (κ2) is 5.65. The van der Waals surface area contributed by atoms with Crippen LogP contribution in [-0.2, 0) is 18.8 Å². The smallest absolute Gasteiger partial charge is 0.0929 e. The summed E-state index contributed by atoms with van der Waals surface area (Å²) in [6.07, 6.45) is 2.07. The van der Waals surface area contributed by atoms with Crippen LogP contribution in [0, 0.1) is 13.8 Å². The number of thiazole rings is 1. The number of alkyl halides is 1. The van der Waals surface area contributed by atoms with Gasteiger partial charge in [0.1, 0.15) is 0 Å². The Hall–Kier alpha value is -0.870. The summed E-state index contributed by atoms with van der Waals surface area (Å²) in [5.41, 5.74) is 3.29. The van der Waals surface area contributed by atoms with Gasteiger partial charge < -0.3 is 0 Å². The molecule has 0 fully saturated rings. The highest BCUT2D eigenvalue weighted by molar-refractivity contribution is 7.09. The summed E-state index contributed by atoms with van der Waals surface area (Å²) in [4.78, 5) is 4.44. The van der Waals surface area contributed by atoms with Crippen LogP contribution in [0.25, 0.3) is 0 Å². The first-order chi connectivity index (χ1) is 8.19. The van der Waals surface area contributed by atoms with E-state index in [9.17, 15) is 0 Å². The van der Waals surface area contributed by atoms with E-state index >= 15 is 0 Å². The summed E-state index contributed by atoms with van der Waals surface area (Å²) in [5, 5.41) is 7.64. The molecular formula is C12H16ClN3S. The quantitative estimate of drug-likeness (QED) is 0.780. The lowest BCUT2D eigenvalue weighted by molar-refractivity contribution is 0.561. The van der Waals surface area contributed by atoms with Gasteiger partial charge in [-0.05, 0) is 26.3 Å².